The number of aromatic nitrogens is 2. The van der Waals surface area contributed by atoms with Gasteiger partial charge in [-0.15, -0.1) is 0 Å². The van der Waals surface area contributed by atoms with Crippen molar-refractivity contribution in [3.05, 3.63) is 87.5 Å². The van der Waals surface area contributed by atoms with E-state index in [0.717, 1.165) is 12.1 Å². The van der Waals surface area contributed by atoms with Crippen LogP contribution in [0.2, 0.25) is 0 Å². The summed E-state index contributed by atoms with van der Waals surface area (Å²) in [7, 11) is 3.19. The van der Waals surface area contributed by atoms with Crippen molar-refractivity contribution in [1.82, 2.24) is 9.55 Å². The molecule has 3 rings (SSSR count). The number of hydrogen-bond donors (Lipinski definition) is 0. The number of hydrogen-bond acceptors (Lipinski definition) is 5. The lowest BCUT2D eigenvalue weighted by molar-refractivity contribution is -0.384. The highest BCUT2D eigenvalue weighted by Gasteiger charge is 2.23. The van der Waals surface area contributed by atoms with E-state index in [-0.39, 0.29) is 34.9 Å². The number of nitrogens with zero attached hydrogens (tertiary/aromatic N) is 4. The Hall–Kier alpha value is -3.62. The van der Waals surface area contributed by atoms with Gasteiger partial charge in [-0.1, -0.05) is 6.07 Å². The average molecular weight is 386 g/mol. The number of aryl methyl sites for hydroxylation is 1. The summed E-state index contributed by atoms with van der Waals surface area (Å²) in [6.45, 7) is -0.0143. The third-order valence-corrected chi connectivity index (χ3v) is 4.29. The zero-order valence-electron chi connectivity index (χ0n) is 15.1. The molecule has 0 atom stereocenters. The van der Waals surface area contributed by atoms with E-state index < -0.39 is 22.3 Å². The zero-order valence-corrected chi connectivity index (χ0v) is 15.1. The van der Waals surface area contributed by atoms with Gasteiger partial charge in [0.15, 0.2) is 5.82 Å². The van der Waals surface area contributed by atoms with Crippen LogP contribution in [-0.4, -0.2) is 27.3 Å². The molecule has 3 aromatic rings. The van der Waals surface area contributed by atoms with Crippen molar-refractivity contribution in [2.45, 2.75) is 6.54 Å². The van der Waals surface area contributed by atoms with Crippen molar-refractivity contribution in [3.8, 4) is 0 Å². The molecule has 0 saturated heterocycles. The van der Waals surface area contributed by atoms with Crippen molar-refractivity contribution in [2.24, 2.45) is 7.05 Å². The fourth-order valence-electron chi connectivity index (χ4n) is 2.84. The third kappa shape index (κ3) is 3.73. The molecule has 0 aliphatic rings. The first-order chi connectivity index (χ1) is 13.3. The lowest BCUT2D eigenvalue weighted by atomic mass is 10.1. The van der Waals surface area contributed by atoms with E-state index in [0.29, 0.717) is 0 Å². The molecular weight excluding hydrogens is 370 g/mol. The van der Waals surface area contributed by atoms with Crippen molar-refractivity contribution >= 4 is 17.2 Å². The quantitative estimate of drug-likeness (QED) is 0.368. The van der Waals surface area contributed by atoms with Crippen LogP contribution in [-0.2, 0) is 13.6 Å². The smallest absolute Gasteiger partial charge is 0.293 e. The van der Waals surface area contributed by atoms with Gasteiger partial charge in [0.05, 0.1) is 4.92 Å². The molecular formula is C19H16F2N4O3. The van der Waals surface area contributed by atoms with E-state index in [1.807, 2.05) is 0 Å². The maximum Gasteiger partial charge on any atom is 0.293 e. The summed E-state index contributed by atoms with van der Waals surface area (Å²) >= 11 is 0. The number of nitro benzene ring substituents is 1. The van der Waals surface area contributed by atoms with Crippen molar-refractivity contribution in [3.63, 3.8) is 0 Å². The topological polar surface area (TPSA) is 81.3 Å². The predicted molar refractivity (Wildman–Crippen MR) is 98.2 cm³/mol. The summed E-state index contributed by atoms with van der Waals surface area (Å²) in [4.78, 5) is 28.9. The van der Waals surface area contributed by atoms with Crippen LogP contribution in [0.5, 0.6) is 0 Å². The van der Waals surface area contributed by atoms with Crippen LogP contribution in [0.1, 0.15) is 21.7 Å². The Kier molecular flexibility index (Phi) is 5.16. The molecule has 0 amide bonds. The molecule has 1 aromatic heterocycles. The van der Waals surface area contributed by atoms with E-state index >= 15 is 0 Å². The van der Waals surface area contributed by atoms with Crippen LogP contribution >= 0.6 is 0 Å². The van der Waals surface area contributed by atoms with E-state index in [1.54, 1.807) is 20.3 Å². The van der Waals surface area contributed by atoms with Crippen LogP contribution in [0.4, 0.5) is 20.2 Å². The highest BCUT2D eigenvalue weighted by atomic mass is 19.1. The first kappa shape index (κ1) is 19.2. The second kappa shape index (κ2) is 7.55. The summed E-state index contributed by atoms with van der Waals surface area (Å²) in [6.07, 6.45) is 3.06. The average Bonchev–Trinajstić information content (AvgIpc) is 3.08. The first-order valence-electron chi connectivity index (χ1n) is 8.23. The molecule has 0 aliphatic heterocycles. The summed E-state index contributed by atoms with van der Waals surface area (Å²) in [5.41, 5.74) is 0.202. The lowest BCUT2D eigenvalue weighted by Gasteiger charge is -2.20. The standard InChI is InChI=1S/C19H16F2N4O3/c1-23-8-7-22-19(23)18(26)12-4-6-16(17(9-12)25(27)28)24(2)11-13-3-5-14(20)10-15(13)21/h3-10H,11H2,1-2H3. The van der Waals surface area contributed by atoms with Gasteiger partial charge in [-0.25, -0.2) is 13.8 Å². The van der Waals surface area contributed by atoms with Crippen LogP contribution in [0.15, 0.2) is 48.8 Å². The Balaban J connectivity index is 1.94. The number of anilines is 1. The monoisotopic (exact) mass is 386 g/mol. The van der Waals surface area contributed by atoms with Crippen molar-refractivity contribution < 1.29 is 18.5 Å². The molecule has 0 unspecified atom stereocenters. The second-order valence-corrected chi connectivity index (χ2v) is 6.24. The van der Waals surface area contributed by atoms with Crippen molar-refractivity contribution in [2.75, 3.05) is 11.9 Å². The fraction of sp³-hybridized carbons (Fsp3) is 0.158. The largest absolute Gasteiger partial charge is 0.365 e. The molecule has 0 spiro atoms. The fourth-order valence-corrected chi connectivity index (χ4v) is 2.84. The molecule has 0 N–H and O–H groups in total. The van der Waals surface area contributed by atoms with Crippen LogP contribution in [0, 0.1) is 21.7 Å². The third-order valence-electron chi connectivity index (χ3n) is 4.29. The van der Waals surface area contributed by atoms with Gasteiger partial charge in [-0.3, -0.25) is 14.9 Å². The lowest BCUT2D eigenvalue weighted by Crippen LogP contribution is -2.19. The molecule has 0 fully saturated rings. The summed E-state index contributed by atoms with van der Waals surface area (Å²) < 4.78 is 28.5. The molecule has 0 bridgehead atoms. The normalized spacial score (nSPS) is 10.7. The molecule has 28 heavy (non-hydrogen) atoms. The number of nitro groups is 1. The van der Waals surface area contributed by atoms with Gasteiger partial charge < -0.3 is 9.47 Å². The van der Waals surface area contributed by atoms with Crippen LogP contribution < -0.4 is 4.90 Å². The highest BCUT2D eigenvalue weighted by Crippen LogP contribution is 2.30. The Labute approximate surface area is 159 Å². The van der Waals surface area contributed by atoms with Crippen molar-refractivity contribution in [1.29, 1.82) is 0 Å². The minimum Gasteiger partial charge on any atom is -0.365 e. The molecule has 0 radical (unpaired) electrons. The summed E-state index contributed by atoms with van der Waals surface area (Å²) in [6, 6.07) is 7.21. The number of benzene rings is 2. The number of rotatable bonds is 6. The number of halogens is 2. The molecule has 0 saturated carbocycles. The molecule has 1 heterocycles. The first-order valence-corrected chi connectivity index (χ1v) is 8.23. The molecule has 9 heteroatoms. The van der Waals surface area contributed by atoms with Gasteiger partial charge >= 0.3 is 0 Å². The van der Waals surface area contributed by atoms with Crippen LogP contribution in [0.25, 0.3) is 0 Å². The maximum absolute atomic E-state index is 13.9. The second-order valence-electron chi connectivity index (χ2n) is 6.24. The Morgan fingerprint density at radius 2 is 2.00 bits per heavy atom. The van der Waals surface area contributed by atoms with Gasteiger partial charge in [0.1, 0.15) is 17.3 Å². The number of imidazole rings is 1. The molecule has 0 aliphatic carbocycles. The van der Waals surface area contributed by atoms with Gasteiger partial charge in [0.2, 0.25) is 5.78 Å². The van der Waals surface area contributed by atoms with Gasteiger partial charge in [0, 0.05) is 56.3 Å². The summed E-state index contributed by atoms with van der Waals surface area (Å²) in [5, 5.41) is 11.5. The predicted octanol–water partition coefficient (Wildman–Crippen LogP) is 3.47. The Morgan fingerprint density at radius 3 is 2.61 bits per heavy atom. The van der Waals surface area contributed by atoms with Crippen LogP contribution in [0.3, 0.4) is 0 Å². The molecule has 144 valence electrons. The van der Waals surface area contributed by atoms with E-state index in [1.165, 1.54) is 39.9 Å². The minimum atomic E-state index is -0.740. The number of ketones is 1. The zero-order chi connectivity index (χ0) is 20.4. The van der Waals surface area contributed by atoms with Gasteiger partial charge in [0.25, 0.3) is 5.69 Å². The van der Waals surface area contributed by atoms with E-state index in [4.69, 9.17) is 0 Å². The summed E-state index contributed by atoms with van der Waals surface area (Å²) in [5.74, 6) is -1.73. The Bertz CT molecular complexity index is 1070. The maximum atomic E-state index is 13.9. The molecule has 7 nitrogen and oxygen atoms in total. The van der Waals surface area contributed by atoms with Gasteiger partial charge in [-0.2, -0.15) is 0 Å². The number of carbonyl (C=O) groups excluding carboxylic acids is 1. The molecule has 2 aromatic carbocycles. The highest BCUT2D eigenvalue weighted by molar-refractivity contribution is 6.07. The minimum absolute atomic E-state index is 0.0143. The SMILES string of the molecule is CN(Cc1ccc(F)cc1F)c1ccc(C(=O)c2nccn2C)cc1[N+](=O)[O-]. The van der Waals surface area contributed by atoms with E-state index in [2.05, 4.69) is 4.98 Å². The Morgan fingerprint density at radius 1 is 1.25 bits per heavy atom. The van der Waals surface area contributed by atoms with Gasteiger partial charge in [-0.05, 0) is 18.2 Å². The number of carbonyl (C=O) groups is 1. The van der Waals surface area contributed by atoms with E-state index in [9.17, 15) is 23.7 Å².